The first kappa shape index (κ1) is 27.3. The number of benzene rings is 3. The lowest BCUT2D eigenvalue weighted by atomic mass is 10.1. The lowest BCUT2D eigenvalue weighted by Gasteiger charge is -2.20. The molecule has 0 aromatic heterocycles. The minimum absolute atomic E-state index is 0.00289. The van der Waals surface area contributed by atoms with E-state index in [1.807, 2.05) is 20.8 Å². The molecule has 0 saturated heterocycles. The Balaban J connectivity index is 1.59. The summed E-state index contributed by atoms with van der Waals surface area (Å²) in [6.45, 7) is 5.52. The van der Waals surface area contributed by atoms with Gasteiger partial charge in [0.05, 0.1) is 12.1 Å². The highest BCUT2D eigenvalue weighted by Gasteiger charge is 2.30. The average Bonchev–Trinajstić information content (AvgIpc) is 2.82. The highest BCUT2D eigenvalue weighted by molar-refractivity contribution is 6.05. The Morgan fingerprint density at radius 2 is 1.24 bits per heavy atom. The quantitative estimate of drug-likeness (QED) is 0.334. The molecular weight excluding hydrogens is 485 g/mol. The maximum absolute atomic E-state index is 12.9. The van der Waals surface area contributed by atoms with Gasteiger partial charge in [-0.15, -0.1) is 0 Å². The summed E-state index contributed by atoms with van der Waals surface area (Å²) in [5.74, 6) is -1.26. The topological polar surface area (TPSA) is 99.3 Å². The van der Waals surface area contributed by atoms with Gasteiger partial charge < -0.3 is 21.3 Å². The number of rotatable bonds is 7. The van der Waals surface area contributed by atoms with E-state index in [4.69, 9.17) is 0 Å². The van der Waals surface area contributed by atoms with Gasteiger partial charge >= 0.3 is 6.18 Å². The lowest BCUT2D eigenvalue weighted by molar-refractivity contribution is -0.137. The van der Waals surface area contributed by atoms with Crippen molar-refractivity contribution in [3.63, 3.8) is 0 Å². The van der Waals surface area contributed by atoms with Gasteiger partial charge in [0, 0.05) is 33.7 Å². The first-order chi connectivity index (χ1) is 17.3. The second kappa shape index (κ2) is 11.2. The third-order valence-electron chi connectivity index (χ3n) is 4.92. The van der Waals surface area contributed by atoms with Crippen LogP contribution in [-0.4, -0.2) is 29.8 Å². The van der Waals surface area contributed by atoms with Crippen LogP contribution in [0.5, 0.6) is 0 Å². The smallest absolute Gasteiger partial charge is 0.376 e. The van der Waals surface area contributed by atoms with Crippen LogP contribution in [0.3, 0.4) is 0 Å². The van der Waals surface area contributed by atoms with Gasteiger partial charge in [0.2, 0.25) is 5.91 Å². The van der Waals surface area contributed by atoms with E-state index in [-0.39, 0.29) is 29.2 Å². The molecule has 0 spiro atoms. The molecule has 0 aliphatic rings. The third kappa shape index (κ3) is 8.38. The van der Waals surface area contributed by atoms with Crippen LogP contribution in [0.2, 0.25) is 0 Å². The molecule has 0 fully saturated rings. The van der Waals surface area contributed by atoms with Crippen LogP contribution in [0, 0.1) is 0 Å². The van der Waals surface area contributed by atoms with E-state index in [9.17, 15) is 27.6 Å². The van der Waals surface area contributed by atoms with Crippen molar-refractivity contribution in [1.82, 2.24) is 5.32 Å². The third-order valence-corrected chi connectivity index (χ3v) is 4.92. The van der Waals surface area contributed by atoms with Gasteiger partial charge in [-0.05, 0) is 75.4 Å². The minimum Gasteiger partial charge on any atom is -0.376 e. The van der Waals surface area contributed by atoms with Gasteiger partial charge in [-0.25, -0.2) is 0 Å². The zero-order valence-electron chi connectivity index (χ0n) is 20.5. The first-order valence-electron chi connectivity index (χ1n) is 11.4. The van der Waals surface area contributed by atoms with Crippen molar-refractivity contribution in [1.29, 1.82) is 0 Å². The number of amides is 3. The van der Waals surface area contributed by atoms with Gasteiger partial charge in [0.15, 0.2) is 0 Å². The molecule has 4 N–H and O–H groups in total. The zero-order valence-corrected chi connectivity index (χ0v) is 20.5. The summed E-state index contributed by atoms with van der Waals surface area (Å²) in [5.41, 5.74) is 0.239. The van der Waals surface area contributed by atoms with Crippen LogP contribution in [0.1, 0.15) is 47.1 Å². The van der Waals surface area contributed by atoms with Gasteiger partial charge in [0.1, 0.15) is 0 Å². The van der Waals surface area contributed by atoms with Crippen LogP contribution in [-0.2, 0) is 11.0 Å². The van der Waals surface area contributed by atoms with E-state index in [0.717, 1.165) is 12.1 Å². The van der Waals surface area contributed by atoms with Crippen LogP contribution >= 0.6 is 0 Å². The van der Waals surface area contributed by atoms with Crippen LogP contribution in [0.15, 0.2) is 72.8 Å². The van der Waals surface area contributed by atoms with Gasteiger partial charge in [-0.3, -0.25) is 14.4 Å². The standard InChI is InChI=1S/C27H27F3N4O3/c1-26(2,3)34-25(37)18-8-4-10-20(13-18)31-16-23(35)32-21-11-5-7-17(14-21)24(36)33-22-12-6-9-19(15-22)27(28,29)30/h4-15,31H,16H2,1-3H3,(H,32,35)(H,33,36)(H,34,37). The molecule has 0 aliphatic carbocycles. The van der Waals surface area contributed by atoms with E-state index >= 15 is 0 Å². The number of hydrogen-bond donors (Lipinski definition) is 4. The molecule has 0 heterocycles. The molecule has 3 rings (SSSR count). The van der Waals surface area contributed by atoms with E-state index in [0.29, 0.717) is 16.9 Å². The fraction of sp³-hybridized carbons (Fsp3) is 0.222. The Morgan fingerprint density at radius 1 is 0.703 bits per heavy atom. The Bertz CT molecular complexity index is 1300. The predicted molar refractivity (Wildman–Crippen MR) is 137 cm³/mol. The Kier molecular flexibility index (Phi) is 8.21. The summed E-state index contributed by atoms with van der Waals surface area (Å²) in [6, 6.07) is 17.1. The Labute approximate surface area is 212 Å². The number of halogens is 3. The van der Waals surface area contributed by atoms with E-state index in [1.54, 1.807) is 36.4 Å². The highest BCUT2D eigenvalue weighted by atomic mass is 19.4. The molecule has 0 aliphatic heterocycles. The maximum atomic E-state index is 12.9. The van der Waals surface area contributed by atoms with Gasteiger partial charge in [-0.1, -0.05) is 18.2 Å². The summed E-state index contributed by atoms with van der Waals surface area (Å²) in [5, 5.41) is 10.9. The summed E-state index contributed by atoms with van der Waals surface area (Å²) in [7, 11) is 0. The summed E-state index contributed by atoms with van der Waals surface area (Å²) < 4.78 is 38.7. The van der Waals surface area contributed by atoms with E-state index < -0.39 is 23.6 Å². The number of hydrogen-bond acceptors (Lipinski definition) is 4. The molecule has 3 amide bonds. The normalized spacial score (nSPS) is 11.4. The van der Waals surface area contributed by atoms with Crippen LogP contribution in [0.4, 0.5) is 30.2 Å². The first-order valence-corrected chi connectivity index (χ1v) is 11.4. The molecule has 0 radical (unpaired) electrons. The molecule has 3 aromatic carbocycles. The largest absolute Gasteiger partial charge is 0.416 e. The van der Waals surface area contributed by atoms with E-state index in [2.05, 4.69) is 21.3 Å². The minimum atomic E-state index is -4.53. The second-order valence-corrected chi connectivity index (χ2v) is 9.30. The molecule has 7 nitrogen and oxygen atoms in total. The number of anilines is 3. The monoisotopic (exact) mass is 512 g/mol. The van der Waals surface area contributed by atoms with Gasteiger partial charge in [-0.2, -0.15) is 13.2 Å². The zero-order chi connectivity index (χ0) is 27.2. The lowest BCUT2D eigenvalue weighted by Crippen LogP contribution is -2.40. The van der Waals surface area contributed by atoms with Crippen molar-refractivity contribution in [2.75, 3.05) is 22.5 Å². The van der Waals surface area contributed by atoms with Crippen LogP contribution < -0.4 is 21.3 Å². The molecule has 0 unspecified atom stereocenters. The number of carbonyl (C=O) groups excluding carboxylic acids is 3. The Morgan fingerprint density at radius 3 is 1.86 bits per heavy atom. The SMILES string of the molecule is CC(C)(C)NC(=O)c1cccc(NCC(=O)Nc2cccc(C(=O)Nc3cccc(C(F)(F)F)c3)c2)c1. The summed E-state index contributed by atoms with van der Waals surface area (Å²) in [6.07, 6.45) is -4.53. The fourth-order valence-electron chi connectivity index (χ4n) is 3.29. The van der Waals surface area contributed by atoms with Crippen molar-refractivity contribution < 1.29 is 27.6 Å². The summed E-state index contributed by atoms with van der Waals surface area (Å²) >= 11 is 0. The number of carbonyl (C=O) groups is 3. The maximum Gasteiger partial charge on any atom is 0.416 e. The van der Waals surface area contributed by atoms with Crippen molar-refractivity contribution in [2.24, 2.45) is 0 Å². The predicted octanol–water partition coefficient (Wildman–Crippen LogP) is 5.54. The number of alkyl halides is 3. The highest BCUT2D eigenvalue weighted by Crippen LogP contribution is 2.30. The molecule has 194 valence electrons. The summed E-state index contributed by atoms with van der Waals surface area (Å²) in [4.78, 5) is 37.3. The van der Waals surface area contributed by atoms with Crippen molar-refractivity contribution >= 4 is 34.8 Å². The second-order valence-electron chi connectivity index (χ2n) is 9.30. The molecule has 37 heavy (non-hydrogen) atoms. The molecule has 3 aromatic rings. The van der Waals surface area contributed by atoms with Crippen molar-refractivity contribution in [2.45, 2.75) is 32.5 Å². The van der Waals surface area contributed by atoms with Crippen molar-refractivity contribution in [3.05, 3.63) is 89.5 Å². The molecular formula is C27H27F3N4O3. The molecule has 0 saturated carbocycles. The van der Waals surface area contributed by atoms with Crippen molar-refractivity contribution in [3.8, 4) is 0 Å². The van der Waals surface area contributed by atoms with Gasteiger partial charge in [0.25, 0.3) is 11.8 Å². The molecule has 10 heteroatoms. The number of nitrogens with one attached hydrogen (secondary N) is 4. The molecule has 0 atom stereocenters. The fourth-order valence-corrected chi connectivity index (χ4v) is 3.29. The average molecular weight is 513 g/mol. The van der Waals surface area contributed by atoms with E-state index in [1.165, 1.54) is 24.3 Å². The Hall–Kier alpha value is -4.34. The van der Waals surface area contributed by atoms with Crippen LogP contribution in [0.25, 0.3) is 0 Å². The molecule has 0 bridgehead atoms.